The van der Waals surface area contributed by atoms with E-state index in [1.807, 2.05) is 6.07 Å². The van der Waals surface area contributed by atoms with Gasteiger partial charge >= 0.3 is 0 Å². The number of aromatic nitrogens is 1. The Bertz CT molecular complexity index is 698. The fourth-order valence-electron chi connectivity index (χ4n) is 3.01. The normalized spacial score (nSPS) is 14.8. The quantitative estimate of drug-likeness (QED) is 0.382. The van der Waals surface area contributed by atoms with Gasteiger partial charge in [0.15, 0.2) is 5.96 Å². The Morgan fingerprint density at radius 3 is 2.69 bits per heavy atom. The van der Waals surface area contributed by atoms with Crippen molar-refractivity contribution in [3.8, 4) is 5.75 Å². The number of ether oxygens (including phenoxy) is 1. The van der Waals surface area contributed by atoms with Gasteiger partial charge in [0.2, 0.25) is 0 Å². The molecule has 0 amide bonds. The number of hydrogen-bond acceptors (Lipinski definition) is 4. The molecule has 3 rings (SSSR count). The SMILES string of the molecule is CN=C(NCc1ccon1)NCc1ccc(C)cc1OC1CCCC1.I. The van der Waals surface area contributed by atoms with Crippen molar-refractivity contribution in [3.05, 3.63) is 47.3 Å². The molecule has 1 fully saturated rings. The Morgan fingerprint density at radius 1 is 1.23 bits per heavy atom. The molecule has 0 unspecified atom stereocenters. The number of nitrogens with zero attached hydrogens (tertiary/aromatic N) is 2. The number of halogens is 1. The van der Waals surface area contributed by atoms with Gasteiger partial charge in [0.25, 0.3) is 0 Å². The van der Waals surface area contributed by atoms with Crippen molar-refractivity contribution in [1.29, 1.82) is 0 Å². The van der Waals surface area contributed by atoms with Crippen LogP contribution in [0.15, 0.2) is 40.0 Å². The summed E-state index contributed by atoms with van der Waals surface area (Å²) in [6.07, 6.45) is 6.76. The molecule has 0 aliphatic heterocycles. The van der Waals surface area contributed by atoms with Crippen LogP contribution in [-0.2, 0) is 13.1 Å². The second kappa shape index (κ2) is 10.4. The molecular weight excluding hydrogens is 443 g/mol. The molecule has 1 aromatic carbocycles. The zero-order valence-electron chi connectivity index (χ0n) is 15.3. The summed E-state index contributed by atoms with van der Waals surface area (Å²) in [6.45, 7) is 3.31. The van der Waals surface area contributed by atoms with Gasteiger partial charge in [-0.15, -0.1) is 24.0 Å². The number of nitrogens with one attached hydrogen (secondary N) is 2. The van der Waals surface area contributed by atoms with Gasteiger partial charge < -0.3 is 19.9 Å². The predicted molar refractivity (Wildman–Crippen MR) is 113 cm³/mol. The first kappa shape index (κ1) is 20.5. The van der Waals surface area contributed by atoms with Crippen molar-refractivity contribution in [2.75, 3.05) is 7.05 Å². The smallest absolute Gasteiger partial charge is 0.191 e. The Hall–Kier alpha value is -1.77. The van der Waals surface area contributed by atoms with E-state index in [2.05, 4.69) is 45.9 Å². The number of rotatable bonds is 6. The van der Waals surface area contributed by atoms with Crippen LogP contribution in [0.4, 0.5) is 0 Å². The Balaban J connectivity index is 0.00000243. The summed E-state index contributed by atoms with van der Waals surface area (Å²) >= 11 is 0. The van der Waals surface area contributed by atoms with E-state index in [4.69, 9.17) is 9.26 Å². The molecule has 1 saturated carbocycles. The summed E-state index contributed by atoms with van der Waals surface area (Å²) in [5, 5.41) is 10.4. The van der Waals surface area contributed by atoms with Gasteiger partial charge in [-0.25, -0.2) is 0 Å². The number of hydrogen-bond donors (Lipinski definition) is 2. The highest BCUT2D eigenvalue weighted by atomic mass is 127. The average Bonchev–Trinajstić information content (AvgIpc) is 3.30. The Kier molecular flexibility index (Phi) is 8.21. The summed E-state index contributed by atoms with van der Waals surface area (Å²) in [4.78, 5) is 4.25. The molecule has 0 spiro atoms. The fourth-order valence-corrected chi connectivity index (χ4v) is 3.01. The van der Waals surface area contributed by atoms with Crippen molar-refractivity contribution in [3.63, 3.8) is 0 Å². The molecule has 142 valence electrons. The molecule has 6 nitrogen and oxygen atoms in total. The molecule has 0 saturated heterocycles. The molecule has 0 radical (unpaired) electrons. The highest BCUT2D eigenvalue weighted by Crippen LogP contribution is 2.27. The van der Waals surface area contributed by atoms with Crippen LogP contribution in [0.1, 0.15) is 42.5 Å². The summed E-state index contributed by atoms with van der Waals surface area (Å²) < 4.78 is 11.1. The van der Waals surface area contributed by atoms with Crippen LogP contribution < -0.4 is 15.4 Å². The zero-order chi connectivity index (χ0) is 17.5. The molecule has 2 N–H and O–H groups in total. The first-order chi connectivity index (χ1) is 12.2. The van der Waals surface area contributed by atoms with Crippen LogP contribution >= 0.6 is 24.0 Å². The van der Waals surface area contributed by atoms with Crippen molar-refractivity contribution in [1.82, 2.24) is 15.8 Å². The second-order valence-corrected chi connectivity index (χ2v) is 6.41. The van der Waals surface area contributed by atoms with Crippen molar-refractivity contribution < 1.29 is 9.26 Å². The molecule has 2 aromatic rings. The van der Waals surface area contributed by atoms with Gasteiger partial charge in [0.05, 0.1) is 12.6 Å². The third-order valence-corrected chi connectivity index (χ3v) is 4.42. The maximum atomic E-state index is 6.25. The lowest BCUT2D eigenvalue weighted by Crippen LogP contribution is -2.36. The average molecular weight is 470 g/mol. The van der Waals surface area contributed by atoms with Gasteiger partial charge in [-0.1, -0.05) is 17.3 Å². The molecule has 0 atom stereocenters. The lowest BCUT2D eigenvalue weighted by atomic mass is 10.1. The van der Waals surface area contributed by atoms with E-state index in [1.54, 1.807) is 13.3 Å². The molecule has 1 heterocycles. The maximum Gasteiger partial charge on any atom is 0.191 e. The monoisotopic (exact) mass is 470 g/mol. The van der Waals surface area contributed by atoms with Crippen LogP contribution in [-0.4, -0.2) is 24.3 Å². The first-order valence-corrected chi connectivity index (χ1v) is 8.84. The highest BCUT2D eigenvalue weighted by molar-refractivity contribution is 14.0. The molecule has 1 aliphatic carbocycles. The standard InChI is InChI=1S/C19H26N4O2.HI/c1-14-7-8-15(18(11-14)25-17-5-3-4-6-17)12-21-19(20-2)22-13-16-9-10-24-23-16;/h7-11,17H,3-6,12-13H2,1-2H3,(H2,20,21,22);1H. The zero-order valence-corrected chi connectivity index (χ0v) is 17.7. The maximum absolute atomic E-state index is 6.25. The summed E-state index contributed by atoms with van der Waals surface area (Å²) in [6, 6.07) is 8.19. The van der Waals surface area contributed by atoms with Crippen molar-refractivity contribution >= 4 is 29.9 Å². The van der Waals surface area contributed by atoms with Crippen LogP contribution in [0.25, 0.3) is 0 Å². The van der Waals surface area contributed by atoms with Gasteiger partial charge in [-0.05, 0) is 44.2 Å². The van der Waals surface area contributed by atoms with Gasteiger partial charge in [-0.2, -0.15) is 0 Å². The summed E-state index contributed by atoms with van der Waals surface area (Å²) in [7, 11) is 1.75. The number of guanidine groups is 1. The minimum Gasteiger partial charge on any atom is -0.490 e. The molecular formula is C19H27IN4O2. The largest absolute Gasteiger partial charge is 0.490 e. The fraction of sp³-hybridized carbons (Fsp3) is 0.474. The number of benzene rings is 1. The Morgan fingerprint density at radius 2 is 2.00 bits per heavy atom. The summed E-state index contributed by atoms with van der Waals surface area (Å²) in [5.41, 5.74) is 3.19. The molecule has 26 heavy (non-hydrogen) atoms. The highest BCUT2D eigenvalue weighted by Gasteiger charge is 2.18. The van der Waals surface area contributed by atoms with Crippen molar-refractivity contribution in [2.45, 2.75) is 51.8 Å². The van der Waals surface area contributed by atoms with Crippen molar-refractivity contribution in [2.24, 2.45) is 4.99 Å². The van der Waals surface area contributed by atoms with E-state index in [1.165, 1.54) is 18.4 Å². The number of aliphatic imine (C=N–C) groups is 1. The van der Waals surface area contributed by atoms with Crippen LogP contribution in [0.2, 0.25) is 0 Å². The van der Waals surface area contributed by atoms with Gasteiger partial charge in [0, 0.05) is 25.2 Å². The molecule has 1 aromatic heterocycles. The van der Waals surface area contributed by atoms with Gasteiger partial charge in [-0.3, -0.25) is 4.99 Å². The molecule has 1 aliphatic rings. The predicted octanol–water partition coefficient (Wildman–Crippen LogP) is 3.79. The van der Waals surface area contributed by atoms with E-state index in [0.717, 1.165) is 35.8 Å². The molecule has 7 heteroatoms. The van der Waals surface area contributed by atoms with E-state index in [9.17, 15) is 0 Å². The minimum atomic E-state index is 0. The van der Waals surface area contributed by atoms with E-state index in [0.29, 0.717) is 19.2 Å². The van der Waals surface area contributed by atoms with Crippen LogP contribution in [0.3, 0.4) is 0 Å². The summed E-state index contributed by atoms with van der Waals surface area (Å²) in [5.74, 6) is 1.70. The van der Waals surface area contributed by atoms with Crippen LogP contribution in [0, 0.1) is 6.92 Å². The minimum absolute atomic E-state index is 0. The third-order valence-electron chi connectivity index (χ3n) is 4.42. The Labute approximate surface area is 171 Å². The lowest BCUT2D eigenvalue weighted by Gasteiger charge is -2.18. The van der Waals surface area contributed by atoms with Gasteiger partial charge in [0.1, 0.15) is 17.7 Å². The lowest BCUT2D eigenvalue weighted by molar-refractivity contribution is 0.207. The first-order valence-electron chi connectivity index (χ1n) is 8.84. The third kappa shape index (κ3) is 5.89. The number of aryl methyl sites for hydroxylation is 1. The van der Waals surface area contributed by atoms with E-state index < -0.39 is 0 Å². The van der Waals surface area contributed by atoms with Crippen LogP contribution in [0.5, 0.6) is 5.75 Å². The molecule has 0 bridgehead atoms. The van der Waals surface area contributed by atoms with E-state index in [-0.39, 0.29) is 24.0 Å². The second-order valence-electron chi connectivity index (χ2n) is 6.41. The van der Waals surface area contributed by atoms with E-state index >= 15 is 0 Å². The topological polar surface area (TPSA) is 71.7 Å².